The fraction of sp³-hybridized carbons (Fsp3) is 0.652. The van der Waals surface area contributed by atoms with Gasteiger partial charge < -0.3 is 24.8 Å². The standard InChI is InChI=1S/C23H37N3O6/c1-15-12-17(13-16(2)25-15)31-14-19(27)18(26-20(28)23(6,7)30-8)10-9-11-24-21(29)32-22(3,4)5/h12-13,18H,9-11,14H2,1-8H3,(H,24,29)(H,26,28)/t18-/m0/s1. The fourth-order valence-electron chi connectivity index (χ4n) is 2.68. The quantitative estimate of drug-likeness (QED) is 0.497. The number of Topliss-reactive ketones (excluding diaryl/α,β-unsaturated/α-hetero) is 1. The number of methoxy groups -OCH3 is 1. The Morgan fingerprint density at radius 2 is 1.66 bits per heavy atom. The third-order valence-electron chi connectivity index (χ3n) is 4.53. The van der Waals surface area contributed by atoms with Gasteiger partial charge >= 0.3 is 6.09 Å². The van der Waals surface area contributed by atoms with Crippen molar-refractivity contribution in [1.82, 2.24) is 15.6 Å². The largest absolute Gasteiger partial charge is 0.486 e. The Morgan fingerprint density at radius 3 is 2.19 bits per heavy atom. The summed E-state index contributed by atoms with van der Waals surface area (Å²) in [6.45, 7) is 12.3. The Labute approximate surface area is 190 Å². The van der Waals surface area contributed by atoms with Gasteiger partial charge in [-0.3, -0.25) is 14.6 Å². The highest BCUT2D eigenvalue weighted by atomic mass is 16.6. The van der Waals surface area contributed by atoms with Crippen LogP contribution in [0.4, 0.5) is 4.79 Å². The molecule has 0 saturated carbocycles. The summed E-state index contributed by atoms with van der Waals surface area (Å²) in [4.78, 5) is 41.5. The van der Waals surface area contributed by atoms with Gasteiger partial charge in [-0.25, -0.2) is 4.79 Å². The van der Waals surface area contributed by atoms with Crippen molar-refractivity contribution in [2.45, 2.75) is 78.6 Å². The van der Waals surface area contributed by atoms with Gasteiger partial charge in [0.25, 0.3) is 5.91 Å². The normalized spacial score (nSPS) is 12.6. The average Bonchev–Trinajstić information content (AvgIpc) is 2.66. The monoisotopic (exact) mass is 451 g/mol. The summed E-state index contributed by atoms with van der Waals surface area (Å²) < 4.78 is 16.0. The van der Waals surface area contributed by atoms with Crippen LogP contribution in [0.15, 0.2) is 12.1 Å². The van der Waals surface area contributed by atoms with Crippen molar-refractivity contribution in [3.8, 4) is 5.75 Å². The second-order valence-electron chi connectivity index (χ2n) is 9.15. The number of hydrogen-bond donors (Lipinski definition) is 2. The Balaban J connectivity index is 2.73. The van der Waals surface area contributed by atoms with E-state index in [2.05, 4.69) is 15.6 Å². The predicted molar refractivity (Wildman–Crippen MR) is 121 cm³/mol. The molecule has 0 spiro atoms. The van der Waals surface area contributed by atoms with Crippen molar-refractivity contribution in [2.75, 3.05) is 20.3 Å². The first-order chi connectivity index (χ1) is 14.7. The van der Waals surface area contributed by atoms with Gasteiger partial charge in [0, 0.05) is 37.2 Å². The van der Waals surface area contributed by atoms with Gasteiger partial charge in [-0.1, -0.05) is 0 Å². The molecular formula is C23H37N3O6. The molecule has 1 aromatic rings. The van der Waals surface area contributed by atoms with Gasteiger partial charge in [0.15, 0.2) is 5.78 Å². The van der Waals surface area contributed by atoms with Crippen LogP contribution in [0.2, 0.25) is 0 Å². The molecule has 9 nitrogen and oxygen atoms in total. The lowest BCUT2D eigenvalue weighted by molar-refractivity contribution is -0.142. The number of alkyl carbamates (subject to hydrolysis) is 1. The molecule has 0 unspecified atom stereocenters. The number of nitrogens with one attached hydrogen (secondary N) is 2. The first-order valence-electron chi connectivity index (χ1n) is 10.7. The van der Waals surface area contributed by atoms with Crippen LogP contribution >= 0.6 is 0 Å². The number of ether oxygens (including phenoxy) is 3. The summed E-state index contributed by atoms with van der Waals surface area (Å²) in [6, 6.07) is 2.70. The molecular weight excluding hydrogens is 414 g/mol. The highest BCUT2D eigenvalue weighted by molar-refractivity contribution is 5.92. The van der Waals surface area contributed by atoms with Crippen LogP contribution in [0, 0.1) is 13.8 Å². The van der Waals surface area contributed by atoms with Crippen LogP contribution in [-0.4, -0.2) is 60.3 Å². The second-order valence-corrected chi connectivity index (χ2v) is 9.15. The molecule has 0 radical (unpaired) electrons. The first kappa shape index (κ1) is 27.4. The van der Waals surface area contributed by atoms with Gasteiger partial charge in [0.05, 0.1) is 6.04 Å². The molecule has 1 heterocycles. The van der Waals surface area contributed by atoms with E-state index in [9.17, 15) is 14.4 Å². The smallest absolute Gasteiger partial charge is 0.407 e. The van der Waals surface area contributed by atoms with Crippen LogP contribution in [0.1, 0.15) is 58.8 Å². The molecule has 1 aromatic heterocycles. The number of nitrogens with zero attached hydrogens (tertiary/aromatic N) is 1. The first-order valence-corrected chi connectivity index (χ1v) is 10.7. The van der Waals surface area contributed by atoms with Crippen molar-refractivity contribution < 1.29 is 28.6 Å². The Kier molecular flexibility index (Phi) is 10.1. The van der Waals surface area contributed by atoms with Crippen LogP contribution in [-0.2, 0) is 19.1 Å². The van der Waals surface area contributed by atoms with Crippen LogP contribution in [0.5, 0.6) is 5.75 Å². The highest BCUT2D eigenvalue weighted by Gasteiger charge is 2.31. The molecule has 0 fully saturated rings. The van der Waals surface area contributed by atoms with E-state index in [4.69, 9.17) is 14.2 Å². The number of aromatic nitrogens is 1. The number of aryl methyl sites for hydroxylation is 2. The Bertz CT molecular complexity index is 781. The number of rotatable bonds is 11. The molecule has 0 aromatic carbocycles. The van der Waals surface area contributed by atoms with Crippen molar-refractivity contribution in [3.63, 3.8) is 0 Å². The number of carbonyl (C=O) groups excluding carboxylic acids is 3. The van der Waals surface area contributed by atoms with Crippen LogP contribution in [0.3, 0.4) is 0 Å². The maximum atomic E-state index is 12.8. The number of ketones is 1. The van der Waals surface area contributed by atoms with Crippen LogP contribution < -0.4 is 15.4 Å². The van der Waals surface area contributed by atoms with E-state index < -0.39 is 29.2 Å². The van der Waals surface area contributed by atoms with E-state index >= 15 is 0 Å². The molecule has 1 rings (SSSR count). The van der Waals surface area contributed by atoms with Gasteiger partial charge in [0.1, 0.15) is 23.6 Å². The lowest BCUT2D eigenvalue weighted by Crippen LogP contribution is -2.51. The molecule has 9 heteroatoms. The number of carbonyl (C=O) groups is 3. The minimum absolute atomic E-state index is 0.208. The predicted octanol–water partition coefficient (Wildman–Crippen LogP) is 2.86. The second kappa shape index (κ2) is 11.8. The molecule has 2 amide bonds. The van der Waals surface area contributed by atoms with Gasteiger partial charge in [-0.15, -0.1) is 0 Å². The van der Waals surface area contributed by atoms with Gasteiger partial charge in [-0.05, 0) is 61.3 Å². The topological polar surface area (TPSA) is 116 Å². The summed E-state index contributed by atoms with van der Waals surface area (Å²) >= 11 is 0. The summed E-state index contributed by atoms with van der Waals surface area (Å²) in [5.74, 6) is -0.152. The lowest BCUT2D eigenvalue weighted by Gasteiger charge is -2.26. The van der Waals surface area contributed by atoms with Crippen molar-refractivity contribution in [3.05, 3.63) is 23.5 Å². The molecule has 0 aliphatic rings. The molecule has 1 atom stereocenters. The van der Waals surface area contributed by atoms with Gasteiger partial charge in [-0.2, -0.15) is 0 Å². The average molecular weight is 452 g/mol. The molecule has 32 heavy (non-hydrogen) atoms. The highest BCUT2D eigenvalue weighted by Crippen LogP contribution is 2.14. The molecule has 180 valence electrons. The van der Waals surface area contributed by atoms with Crippen molar-refractivity contribution in [2.24, 2.45) is 0 Å². The summed E-state index contributed by atoms with van der Waals surface area (Å²) in [7, 11) is 1.43. The fourth-order valence-corrected chi connectivity index (χ4v) is 2.68. The Hall–Kier alpha value is -2.68. The molecule has 0 saturated heterocycles. The summed E-state index contributed by atoms with van der Waals surface area (Å²) in [5, 5.41) is 5.39. The number of hydrogen-bond acceptors (Lipinski definition) is 7. The number of amides is 2. The molecule has 0 aliphatic carbocycles. The minimum atomic E-state index is -1.09. The molecule has 0 aliphatic heterocycles. The Morgan fingerprint density at radius 1 is 1.06 bits per heavy atom. The zero-order valence-corrected chi connectivity index (χ0v) is 20.5. The number of pyridine rings is 1. The summed E-state index contributed by atoms with van der Waals surface area (Å²) in [5.41, 5.74) is -0.115. The van der Waals surface area contributed by atoms with E-state index in [0.29, 0.717) is 25.1 Å². The van der Waals surface area contributed by atoms with Crippen molar-refractivity contribution >= 4 is 17.8 Å². The zero-order chi connectivity index (χ0) is 24.5. The molecule has 0 bridgehead atoms. The van der Waals surface area contributed by atoms with Gasteiger partial charge in [0.2, 0.25) is 0 Å². The van der Waals surface area contributed by atoms with Crippen LogP contribution in [0.25, 0.3) is 0 Å². The van der Waals surface area contributed by atoms with E-state index in [0.717, 1.165) is 11.4 Å². The maximum Gasteiger partial charge on any atom is 0.407 e. The third-order valence-corrected chi connectivity index (χ3v) is 4.53. The molecule has 2 N–H and O–H groups in total. The zero-order valence-electron chi connectivity index (χ0n) is 20.5. The minimum Gasteiger partial charge on any atom is -0.486 e. The van der Waals surface area contributed by atoms with Crippen molar-refractivity contribution in [1.29, 1.82) is 0 Å². The summed E-state index contributed by atoms with van der Waals surface area (Å²) in [6.07, 6.45) is 0.242. The lowest BCUT2D eigenvalue weighted by atomic mass is 10.0. The maximum absolute atomic E-state index is 12.8. The third kappa shape index (κ3) is 10.1. The van der Waals surface area contributed by atoms with E-state index in [1.807, 2.05) is 13.8 Å². The van der Waals surface area contributed by atoms with E-state index in [1.165, 1.54) is 7.11 Å². The van der Waals surface area contributed by atoms with E-state index in [1.54, 1.807) is 46.8 Å². The van der Waals surface area contributed by atoms with E-state index in [-0.39, 0.29) is 12.4 Å². The SMILES string of the molecule is COC(C)(C)C(=O)N[C@@H](CCCNC(=O)OC(C)(C)C)C(=O)COc1cc(C)nc(C)c1.